The molecule has 1 N–H and O–H groups in total. The SMILES string of the molecule is OCC1CCCN(c2ccnc(-c3cnc4cnc(C(F)F)cn34)n2)C1. The zero-order valence-electron chi connectivity index (χ0n) is 14.0. The smallest absolute Gasteiger partial charge is 0.281 e. The molecule has 3 aromatic rings. The summed E-state index contributed by atoms with van der Waals surface area (Å²) < 4.78 is 27.4. The van der Waals surface area contributed by atoms with E-state index in [4.69, 9.17) is 0 Å². The summed E-state index contributed by atoms with van der Waals surface area (Å²) in [5.41, 5.74) is 0.660. The fraction of sp³-hybridized carbons (Fsp3) is 0.412. The van der Waals surface area contributed by atoms with Crippen molar-refractivity contribution in [1.82, 2.24) is 24.3 Å². The Hall–Kier alpha value is -2.68. The van der Waals surface area contributed by atoms with Gasteiger partial charge in [-0.3, -0.25) is 4.40 Å². The van der Waals surface area contributed by atoms with Crippen LogP contribution in [0.2, 0.25) is 0 Å². The molecule has 0 radical (unpaired) electrons. The van der Waals surface area contributed by atoms with Crippen LogP contribution in [0, 0.1) is 5.92 Å². The van der Waals surface area contributed by atoms with Gasteiger partial charge in [0, 0.05) is 32.1 Å². The first-order chi connectivity index (χ1) is 12.7. The molecule has 1 unspecified atom stereocenters. The van der Waals surface area contributed by atoms with Crippen LogP contribution >= 0.6 is 0 Å². The van der Waals surface area contributed by atoms with Crippen molar-refractivity contribution in [2.45, 2.75) is 19.3 Å². The number of anilines is 1. The number of alkyl halides is 2. The summed E-state index contributed by atoms with van der Waals surface area (Å²) in [5, 5.41) is 9.41. The second-order valence-electron chi connectivity index (χ2n) is 6.36. The number of halogens is 2. The van der Waals surface area contributed by atoms with Crippen molar-refractivity contribution in [3.05, 3.63) is 36.5 Å². The molecule has 1 atom stereocenters. The summed E-state index contributed by atoms with van der Waals surface area (Å²) in [6.45, 7) is 1.75. The van der Waals surface area contributed by atoms with E-state index in [0.717, 1.165) is 31.7 Å². The molecule has 136 valence electrons. The maximum Gasteiger partial charge on any atom is 0.281 e. The first kappa shape index (κ1) is 16.8. The third-order valence-electron chi connectivity index (χ3n) is 4.61. The lowest BCUT2D eigenvalue weighted by molar-refractivity contribution is 0.145. The number of imidazole rings is 1. The molecule has 1 aliphatic heterocycles. The van der Waals surface area contributed by atoms with Gasteiger partial charge in [-0.05, 0) is 24.8 Å². The van der Waals surface area contributed by atoms with E-state index in [2.05, 4.69) is 24.8 Å². The molecule has 7 nitrogen and oxygen atoms in total. The van der Waals surface area contributed by atoms with Gasteiger partial charge in [-0.2, -0.15) is 0 Å². The minimum absolute atomic E-state index is 0.158. The van der Waals surface area contributed by atoms with Crippen molar-refractivity contribution < 1.29 is 13.9 Å². The quantitative estimate of drug-likeness (QED) is 0.769. The van der Waals surface area contributed by atoms with Crippen LogP contribution < -0.4 is 4.90 Å². The predicted molar refractivity (Wildman–Crippen MR) is 91.0 cm³/mol. The van der Waals surface area contributed by atoms with Crippen LogP contribution in [0.25, 0.3) is 17.2 Å². The first-order valence-electron chi connectivity index (χ1n) is 8.46. The van der Waals surface area contributed by atoms with Gasteiger partial charge in [-0.15, -0.1) is 0 Å². The van der Waals surface area contributed by atoms with Gasteiger partial charge in [0.05, 0.1) is 12.4 Å². The number of hydrogen-bond donors (Lipinski definition) is 1. The molecule has 9 heteroatoms. The first-order valence-corrected chi connectivity index (χ1v) is 8.46. The van der Waals surface area contributed by atoms with Gasteiger partial charge < -0.3 is 10.0 Å². The number of aromatic nitrogens is 5. The topological polar surface area (TPSA) is 79.4 Å². The number of nitrogens with zero attached hydrogens (tertiary/aromatic N) is 6. The van der Waals surface area contributed by atoms with E-state index in [1.54, 1.807) is 12.4 Å². The van der Waals surface area contributed by atoms with Crippen LogP contribution in [-0.2, 0) is 0 Å². The van der Waals surface area contributed by atoms with Crippen LogP contribution in [0.3, 0.4) is 0 Å². The van der Waals surface area contributed by atoms with E-state index in [-0.39, 0.29) is 18.2 Å². The molecule has 1 fully saturated rings. The molecular formula is C17H18F2N6O. The molecule has 0 bridgehead atoms. The minimum atomic E-state index is -2.66. The maximum absolute atomic E-state index is 13.0. The molecule has 0 aromatic carbocycles. The van der Waals surface area contributed by atoms with Gasteiger partial charge in [0.1, 0.15) is 17.2 Å². The molecule has 26 heavy (non-hydrogen) atoms. The molecule has 4 rings (SSSR count). The molecular weight excluding hydrogens is 342 g/mol. The van der Waals surface area contributed by atoms with Crippen molar-refractivity contribution in [3.8, 4) is 11.5 Å². The van der Waals surface area contributed by atoms with E-state index in [9.17, 15) is 13.9 Å². The van der Waals surface area contributed by atoms with E-state index >= 15 is 0 Å². The van der Waals surface area contributed by atoms with E-state index in [1.807, 2.05) is 6.07 Å². The van der Waals surface area contributed by atoms with Crippen molar-refractivity contribution in [2.24, 2.45) is 5.92 Å². The van der Waals surface area contributed by atoms with Crippen molar-refractivity contribution in [3.63, 3.8) is 0 Å². The van der Waals surface area contributed by atoms with Crippen molar-refractivity contribution in [1.29, 1.82) is 0 Å². The minimum Gasteiger partial charge on any atom is -0.396 e. The highest BCUT2D eigenvalue weighted by Gasteiger charge is 2.21. The highest BCUT2D eigenvalue weighted by atomic mass is 19.3. The molecule has 0 saturated carbocycles. The van der Waals surface area contributed by atoms with Gasteiger partial charge in [0.15, 0.2) is 11.5 Å². The average Bonchev–Trinajstić information content (AvgIpc) is 3.11. The van der Waals surface area contributed by atoms with Crippen LogP contribution in [-0.4, -0.2) is 49.1 Å². The molecule has 0 aliphatic carbocycles. The maximum atomic E-state index is 13.0. The standard InChI is InChI=1S/C17H18F2N6O/c18-16(19)12-9-25-13(6-22-15(25)7-21-12)17-20-4-3-14(23-17)24-5-1-2-11(8-24)10-26/h3-4,6-7,9,11,16,26H,1-2,5,8,10H2. The molecule has 1 aliphatic rings. The second kappa shape index (κ2) is 6.91. The average molecular weight is 360 g/mol. The van der Waals surface area contributed by atoms with Crippen LogP contribution in [0.4, 0.5) is 14.6 Å². The third-order valence-corrected chi connectivity index (χ3v) is 4.61. The lowest BCUT2D eigenvalue weighted by Gasteiger charge is -2.32. The lowest BCUT2D eigenvalue weighted by Crippen LogP contribution is -2.37. The Morgan fingerprint density at radius 1 is 1.23 bits per heavy atom. The van der Waals surface area contributed by atoms with Gasteiger partial charge >= 0.3 is 0 Å². The molecule has 0 amide bonds. The third kappa shape index (κ3) is 3.10. The zero-order valence-corrected chi connectivity index (χ0v) is 14.0. The Morgan fingerprint density at radius 3 is 2.92 bits per heavy atom. The van der Waals surface area contributed by atoms with Crippen molar-refractivity contribution in [2.75, 3.05) is 24.6 Å². The fourth-order valence-electron chi connectivity index (χ4n) is 3.25. The Bertz CT molecular complexity index is 915. The summed E-state index contributed by atoms with van der Waals surface area (Å²) in [7, 11) is 0. The summed E-state index contributed by atoms with van der Waals surface area (Å²) in [6.07, 6.45) is 5.11. The monoisotopic (exact) mass is 360 g/mol. The van der Waals surface area contributed by atoms with Gasteiger partial charge in [-0.25, -0.2) is 28.7 Å². The van der Waals surface area contributed by atoms with Crippen LogP contribution in [0.15, 0.2) is 30.9 Å². The van der Waals surface area contributed by atoms with Crippen LogP contribution in [0.5, 0.6) is 0 Å². The lowest BCUT2D eigenvalue weighted by atomic mass is 9.99. The van der Waals surface area contributed by atoms with E-state index in [1.165, 1.54) is 16.8 Å². The Balaban J connectivity index is 1.70. The highest BCUT2D eigenvalue weighted by molar-refractivity contribution is 5.58. The number of hydrogen-bond acceptors (Lipinski definition) is 6. The number of fused-ring (bicyclic) bond motifs is 1. The fourth-order valence-corrected chi connectivity index (χ4v) is 3.25. The van der Waals surface area contributed by atoms with Crippen LogP contribution in [0.1, 0.15) is 25.0 Å². The number of piperidine rings is 1. The Labute approximate surface area is 148 Å². The Kier molecular flexibility index (Phi) is 4.46. The van der Waals surface area contributed by atoms with Crippen molar-refractivity contribution >= 4 is 11.5 Å². The summed E-state index contributed by atoms with van der Waals surface area (Å²) in [5.74, 6) is 1.40. The molecule has 4 heterocycles. The van der Waals surface area contributed by atoms with E-state index < -0.39 is 6.43 Å². The zero-order chi connectivity index (χ0) is 18.1. The predicted octanol–water partition coefficient (Wildman–Crippen LogP) is 2.33. The van der Waals surface area contributed by atoms with E-state index in [0.29, 0.717) is 17.2 Å². The molecule has 1 saturated heterocycles. The highest BCUT2D eigenvalue weighted by Crippen LogP contribution is 2.25. The number of rotatable bonds is 4. The number of aliphatic hydroxyl groups is 1. The summed E-state index contributed by atoms with van der Waals surface area (Å²) in [6, 6.07) is 1.82. The Morgan fingerprint density at radius 2 is 2.12 bits per heavy atom. The summed E-state index contributed by atoms with van der Waals surface area (Å²) >= 11 is 0. The van der Waals surface area contributed by atoms with Gasteiger partial charge in [-0.1, -0.05) is 0 Å². The molecule has 3 aromatic heterocycles. The second-order valence-corrected chi connectivity index (χ2v) is 6.36. The summed E-state index contributed by atoms with van der Waals surface area (Å²) in [4.78, 5) is 18.9. The van der Waals surface area contributed by atoms with Gasteiger partial charge in [0.2, 0.25) is 0 Å². The normalized spacial score (nSPS) is 18.0. The largest absolute Gasteiger partial charge is 0.396 e. The molecule has 0 spiro atoms. The van der Waals surface area contributed by atoms with Gasteiger partial charge in [0.25, 0.3) is 6.43 Å². The number of aliphatic hydroxyl groups excluding tert-OH is 1.